The number of aromatic nitrogens is 5. The highest BCUT2D eigenvalue weighted by molar-refractivity contribution is 7.19. The van der Waals surface area contributed by atoms with Crippen LogP contribution in [0, 0.1) is 0 Å². The maximum Gasteiger partial charge on any atom is 0.213 e. The van der Waals surface area contributed by atoms with Crippen molar-refractivity contribution >= 4 is 33.2 Å². The molecule has 122 valence electrons. The highest BCUT2D eigenvalue weighted by atomic mass is 32.1. The minimum absolute atomic E-state index is 0.667. The van der Waals surface area contributed by atoms with Gasteiger partial charge in [0.2, 0.25) is 10.3 Å². The van der Waals surface area contributed by atoms with E-state index in [1.807, 2.05) is 24.4 Å². The molecule has 1 fully saturated rings. The van der Waals surface area contributed by atoms with Crippen LogP contribution in [0.4, 0.5) is 21.9 Å². The van der Waals surface area contributed by atoms with E-state index in [2.05, 4.69) is 40.3 Å². The van der Waals surface area contributed by atoms with Crippen molar-refractivity contribution in [1.29, 1.82) is 0 Å². The first kappa shape index (κ1) is 14.8. The number of hydrogen-bond donors (Lipinski definition) is 1. The molecule has 0 unspecified atom stereocenters. The summed E-state index contributed by atoms with van der Waals surface area (Å²) in [5.41, 5.74) is 0. The lowest BCUT2D eigenvalue weighted by Gasteiger charge is -2.34. The molecule has 24 heavy (non-hydrogen) atoms. The van der Waals surface area contributed by atoms with Gasteiger partial charge in [-0.2, -0.15) is 0 Å². The number of rotatable bonds is 4. The average molecular weight is 340 g/mol. The second-order valence-corrected chi connectivity index (χ2v) is 6.22. The summed E-state index contributed by atoms with van der Waals surface area (Å²) < 4.78 is 0. The molecule has 9 heteroatoms. The second-order valence-electron chi connectivity index (χ2n) is 5.27. The average Bonchev–Trinajstić information content (AvgIpc) is 3.12. The molecule has 1 aliphatic rings. The van der Waals surface area contributed by atoms with Gasteiger partial charge in [0.25, 0.3) is 0 Å². The summed E-state index contributed by atoms with van der Waals surface area (Å²) in [6.45, 7) is 3.64. The van der Waals surface area contributed by atoms with Gasteiger partial charge in [0.1, 0.15) is 5.82 Å². The normalized spacial score (nSPS) is 14.7. The van der Waals surface area contributed by atoms with Crippen molar-refractivity contribution in [2.24, 2.45) is 0 Å². The SMILES string of the molecule is c1ccc(N2CCN(c3nnc(Nc4cnccn4)s3)CC2)nc1. The van der Waals surface area contributed by atoms with E-state index < -0.39 is 0 Å². The molecule has 0 atom stereocenters. The molecule has 1 N–H and O–H groups in total. The Morgan fingerprint density at radius 2 is 1.79 bits per heavy atom. The number of hydrogen-bond acceptors (Lipinski definition) is 9. The molecule has 0 bridgehead atoms. The van der Waals surface area contributed by atoms with E-state index in [1.165, 1.54) is 11.3 Å². The fourth-order valence-electron chi connectivity index (χ4n) is 2.53. The monoisotopic (exact) mass is 340 g/mol. The lowest BCUT2D eigenvalue weighted by molar-refractivity contribution is 0.644. The van der Waals surface area contributed by atoms with Crippen LogP contribution in [0.5, 0.6) is 0 Å². The Bertz CT molecular complexity index is 770. The number of piperazine rings is 1. The van der Waals surface area contributed by atoms with Crippen LogP contribution < -0.4 is 15.1 Å². The van der Waals surface area contributed by atoms with Crippen molar-refractivity contribution in [1.82, 2.24) is 25.1 Å². The quantitative estimate of drug-likeness (QED) is 0.770. The number of nitrogens with zero attached hydrogens (tertiary/aromatic N) is 7. The number of pyridine rings is 1. The van der Waals surface area contributed by atoms with Crippen LogP contribution in [-0.4, -0.2) is 51.3 Å². The van der Waals surface area contributed by atoms with E-state index in [4.69, 9.17) is 0 Å². The summed E-state index contributed by atoms with van der Waals surface area (Å²) >= 11 is 1.52. The van der Waals surface area contributed by atoms with E-state index in [-0.39, 0.29) is 0 Å². The van der Waals surface area contributed by atoms with Crippen LogP contribution >= 0.6 is 11.3 Å². The van der Waals surface area contributed by atoms with Crippen LogP contribution in [0.1, 0.15) is 0 Å². The molecular formula is C15H16N8S. The molecule has 4 rings (SSSR count). The molecule has 1 aliphatic heterocycles. The van der Waals surface area contributed by atoms with Gasteiger partial charge in [-0.3, -0.25) is 4.98 Å². The van der Waals surface area contributed by atoms with Gasteiger partial charge in [0, 0.05) is 44.8 Å². The Morgan fingerprint density at radius 1 is 0.917 bits per heavy atom. The minimum Gasteiger partial charge on any atom is -0.353 e. The van der Waals surface area contributed by atoms with Crippen molar-refractivity contribution in [3.05, 3.63) is 43.0 Å². The Balaban J connectivity index is 1.38. The van der Waals surface area contributed by atoms with Gasteiger partial charge in [-0.05, 0) is 12.1 Å². The van der Waals surface area contributed by atoms with Crippen molar-refractivity contribution in [3.8, 4) is 0 Å². The molecule has 4 heterocycles. The third-order valence-corrected chi connectivity index (χ3v) is 4.64. The maximum atomic E-state index is 4.41. The summed E-state index contributed by atoms with van der Waals surface area (Å²) in [5.74, 6) is 1.69. The topological polar surface area (TPSA) is 83.0 Å². The van der Waals surface area contributed by atoms with E-state index in [9.17, 15) is 0 Å². The fraction of sp³-hybridized carbons (Fsp3) is 0.267. The van der Waals surface area contributed by atoms with Gasteiger partial charge in [-0.25, -0.2) is 9.97 Å². The van der Waals surface area contributed by atoms with Crippen molar-refractivity contribution in [3.63, 3.8) is 0 Å². The van der Waals surface area contributed by atoms with E-state index in [0.717, 1.165) is 42.3 Å². The van der Waals surface area contributed by atoms with Crippen LogP contribution in [0.2, 0.25) is 0 Å². The molecule has 8 nitrogen and oxygen atoms in total. The molecule has 0 saturated carbocycles. The zero-order chi connectivity index (χ0) is 16.2. The smallest absolute Gasteiger partial charge is 0.213 e. The largest absolute Gasteiger partial charge is 0.353 e. The van der Waals surface area contributed by atoms with Crippen molar-refractivity contribution in [2.75, 3.05) is 41.3 Å². The van der Waals surface area contributed by atoms with Gasteiger partial charge in [-0.1, -0.05) is 17.4 Å². The molecule has 0 aliphatic carbocycles. The molecule has 3 aromatic rings. The molecule has 1 saturated heterocycles. The van der Waals surface area contributed by atoms with Gasteiger partial charge in [0.05, 0.1) is 6.20 Å². The van der Waals surface area contributed by atoms with Crippen LogP contribution in [0.15, 0.2) is 43.0 Å². The first-order valence-electron chi connectivity index (χ1n) is 7.66. The number of anilines is 4. The molecule has 0 spiro atoms. The predicted octanol–water partition coefficient (Wildman–Crippen LogP) is 1.79. The maximum absolute atomic E-state index is 4.41. The summed E-state index contributed by atoms with van der Waals surface area (Å²) in [6.07, 6.45) is 6.77. The zero-order valence-corrected chi connectivity index (χ0v) is 13.7. The lowest BCUT2D eigenvalue weighted by Crippen LogP contribution is -2.46. The highest BCUT2D eigenvalue weighted by Gasteiger charge is 2.20. The molecule has 0 amide bonds. The first-order valence-corrected chi connectivity index (χ1v) is 8.47. The lowest BCUT2D eigenvalue weighted by atomic mass is 10.3. The van der Waals surface area contributed by atoms with Crippen molar-refractivity contribution < 1.29 is 0 Å². The van der Waals surface area contributed by atoms with Crippen LogP contribution in [0.3, 0.4) is 0 Å². The third kappa shape index (κ3) is 3.25. The molecule has 0 aromatic carbocycles. The third-order valence-electron chi connectivity index (χ3n) is 3.74. The van der Waals surface area contributed by atoms with E-state index in [0.29, 0.717) is 5.82 Å². The zero-order valence-electron chi connectivity index (χ0n) is 12.9. The Hall–Kier alpha value is -2.81. The van der Waals surface area contributed by atoms with E-state index >= 15 is 0 Å². The fourth-order valence-corrected chi connectivity index (χ4v) is 3.34. The minimum atomic E-state index is 0.667. The Labute approximate surface area is 143 Å². The molecular weight excluding hydrogens is 324 g/mol. The molecule has 0 radical (unpaired) electrons. The summed E-state index contributed by atoms with van der Waals surface area (Å²) in [6, 6.07) is 6.00. The van der Waals surface area contributed by atoms with Crippen LogP contribution in [-0.2, 0) is 0 Å². The van der Waals surface area contributed by atoms with Crippen LogP contribution in [0.25, 0.3) is 0 Å². The first-order chi connectivity index (χ1) is 11.9. The predicted molar refractivity (Wildman–Crippen MR) is 93.9 cm³/mol. The molecule has 3 aromatic heterocycles. The standard InChI is InChI=1S/C15H16N8S/c1-2-4-18-13(3-1)22-7-9-23(10-8-22)15-21-20-14(24-15)19-12-11-16-5-6-17-12/h1-6,11H,7-10H2,(H,17,19,20). The summed E-state index contributed by atoms with van der Waals surface area (Å²) in [4.78, 5) is 17.1. The summed E-state index contributed by atoms with van der Waals surface area (Å²) in [7, 11) is 0. The Kier molecular flexibility index (Phi) is 4.15. The van der Waals surface area contributed by atoms with Gasteiger partial charge < -0.3 is 15.1 Å². The van der Waals surface area contributed by atoms with Gasteiger partial charge in [-0.15, -0.1) is 10.2 Å². The second kappa shape index (κ2) is 6.75. The van der Waals surface area contributed by atoms with Crippen molar-refractivity contribution in [2.45, 2.75) is 0 Å². The van der Waals surface area contributed by atoms with Gasteiger partial charge in [0.15, 0.2) is 5.82 Å². The highest BCUT2D eigenvalue weighted by Crippen LogP contribution is 2.27. The summed E-state index contributed by atoms with van der Waals surface area (Å²) in [5, 5.41) is 13.2. The Morgan fingerprint density at radius 3 is 2.54 bits per heavy atom. The van der Waals surface area contributed by atoms with Gasteiger partial charge >= 0.3 is 0 Å². The number of nitrogens with one attached hydrogen (secondary N) is 1. The van der Waals surface area contributed by atoms with E-state index in [1.54, 1.807) is 18.6 Å².